The van der Waals surface area contributed by atoms with Crippen LogP contribution < -0.4 is 15.5 Å². The Balaban J connectivity index is 2.50. The van der Waals surface area contributed by atoms with Gasteiger partial charge in [0.05, 0.1) is 6.54 Å². The van der Waals surface area contributed by atoms with Gasteiger partial charge >= 0.3 is 0 Å². The number of anilines is 2. The molecule has 1 atom stereocenters. The fourth-order valence-corrected chi connectivity index (χ4v) is 2.20. The molecule has 1 aromatic heterocycles. The molecule has 1 aliphatic heterocycles. The van der Waals surface area contributed by atoms with E-state index in [1.54, 1.807) is 18.9 Å². The molecule has 108 valence electrons. The molecule has 2 amide bonds. The number of hydrogen-bond acceptors (Lipinski definition) is 6. The molecular weight excluding hydrogens is 258 g/mol. The lowest BCUT2D eigenvalue weighted by molar-refractivity contribution is -0.132. The van der Waals surface area contributed by atoms with Crippen molar-refractivity contribution in [1.29, 1.82) is 0 Å². The smallest absolute Gasteiger partial charge is 0.249 e. The van der Waals surface area contributed by atoms with Crippen molar-refractivity contribution in [3.8, 4) is 0 Å². The van der Waals surface area contributed by atoms with Crippen LogP contribution in [0.5, 0.6) is 0 Å². The standard InChI is InChI=1S/C13H19N5O2/c1-5-9-15-11(14-4)7(2)12(16-9)18-6-10(19)17-13(20)8(18)3/h8H,5-6H2,1-4H3,(H,14,15,16)(H,17,19,20). The van der Waals surface area contributed by atoms with Crippen LogP contribution in [-0.4, -0.2) is 41.4 Å². The van der Waals surface area contributed by atoms with Gasteiger partial charge in [0, 0.05) is 19.0 Å². The zero-order valence-corrected chi connectivity index (χ0v) is 12.1. The number of hydrogen-bond donors (Lipinski definition) is 2. The average Bonchev–Trinajstić information content (AvgIpc) is 2.43. The highest BCUT2D eigenvalue weighted by Gasteiger charge is 2.32. The van der Waals surface area contributed by atoms with E-state index in [9.17, 15) is 9.59 Å². The normalized spacial score (nSPS) is 19.0. The van der Waals surface area contributed by atoms with E-state index in [4.69, 9.17) is 0 Å². The number of rotatable bonds is 3. The largest absolute Gasteiger partial charge is 0.373 e. The van der Waals surface area contributed by atoms with Crippen molar-refractivity contribution < 1.29 is 9.59 Å². The molecular formula is C13H19N5O2. The third-order valence-electron chi connectivity index (χ3n) is 3.42. The van der Waals surface area contributed by atoms with Gasteiger partial charge in [0.1, 0.15) is 23.5 Å². The number of aryl methyl sites for hydroxylation is 1. The van der Waals surface area contributed by atoms with Crippen LogP contribution in [0.4, 0.5) is 11.6 Å². The van der Waals surface area contributed by atoms with Gasteiger partial charge in [-0.15, -0.1) is 0 Å². The molecule has 0 aliphatic carbocycles. The molecule has 2 N–H and O–H groups in total. The molecule has 1 aliphatic rings. The van der Waals surface area contributed by atoms with Crippen molar-refractivity contribution in [3.05, 3.63) is 11.4 Å². The van der Waals surface area contributed by atoms with Gasteiger partial charge in [-0.2, -0.15) is 0 Å². The van der Waals surface area contributed by atoms with Gasteiger partial charge in [-0.25, -0.2) is 9.97 Å². The van der Waals surface area contributed by atoms with Gasteiger partial charge in [-0.05, 0) is 13.8 Å². The zero-order chi connectivity index (χ0) is 14.9. The van der Waals surface area contributed by atoms with Crippen molar-refractivity contribution in [2.24, 2.45) is 0 Å². The van der Waals surface area contributed by atoms with Crippen LogP contribution in [0.1, 0.15) is 25.2 Å². The minimum Gasteiger partial charge on any atom is -0.373 e. The maximum Gasteiger partial charge on any atom is 0.249 e. The Morgan fingerprint density at radius 3 is 2.70 bits per heavy atom. The molecule has 0 spiro atoms. The van der Waals surface area contributed by atoms with E-state index in [2.05, 4.69) is 20.6 Å². The number of amides is 2. The van der Waals surface area contributed by atoms with Gasteiger partial charge in [0.15, 0.2) is 0 Å². The summed E-state index contributed by atoms with van der Waals surface area (Å²) in [5, 5.41) is 5.35. The van der Waals surface area contributed by atoms with Crippen molar-refractivity contribution in [2.75, 3.05) is 23.8 Å². The number of carbonyl (C=O) groups excluding carboxylic acids is 2. The monoisotopic (exact) mass is 277 g/mol. The molecule has 0 radical (unpaired) electrons. The fourth-order valence-electron chi connectivity index (χ4n) is 2.20. The maximum atomic E-state index is 11.8. The minimum atomic E-state index is -0.435. The summed E-state index contributed by atoms with van der Waals surface area (Å²) in [5.41, 5.74) is 0.832. The average molecular weight is 277 g/mol. The van der Waals surface area contributed by atoms with Gasteiger partial charge in [0.25, 0.3) is 0 Å². The van der Waals surface area contributed by atoms with E-state index in [1.165, 1.54) is 0 Å². The van der Waals surface area contributed by atoms with E-state index in [0.717, 1.165) is 11.4 Å². The summed E-state index contributed by atoms with van der Waals surface area (Å²) in [6.07, 6.45) is 0.685. The minimum absolute atomic E-state index is 0.122. The van der Waals surface area contributed by atoms with E-state index >= 15 is 0 Å². The molecule has 1 saturated heterocycles. The topological polar surface area (TPSA) is 87.2 Å². The van der Waals surface area contributed by atoms with Gasteiger partial charge in [-0.1, -0.05) is 6.92 Å². The number of nitrogens with one attached hydrogen (secondary N) is 2. The third kappa shape index (κ3) is 2.43. The van der Waals surface area contributed by atoms with E-state index in [1.807, 2.05) is 13.8 Å². The van der Waals surface area contributed by atoms with E-state index in [-0.39, 0.29) is 18.4 Å². The molecule has 7 nitrogen and oxygen atoms in total. The van der Waals surface area contributed by atoms with E-state index < -0.39 is 6.04 Å². The Kier molecular flexibility index (Phi) is 3.87. The summed E-state index contributed by atoms with van der Waals surface area (Å²) in [7, 11) is 1.79. The van der Waals surface area contributed by atoms with Crippen LogP contribution in [-0.2, 0) is 16.0 Å². The third-order valence-corrected chi connectivity index (χ3v) is 3.42. The Labute approximate surface area is 117 Å². The second-order valence-electron chi connectivity index (χ2n) is 4.76. The molecule has 0 bridgehead atoms. The summed E-state index contributed by atoms with van der Waals surface area (Å²) in [6.45, 7) is 5.72. The predicted octanol–water partition coefficient (Wildman–Crippen LogP) is 0.240. The maximum absolute atomic E-state index is 11.8. The second-order valence-corrected chi connectivity index (χ2v) is 4.76. The zero-order valence-electron chi connectivity index (χ0n) is 12.1. The molecule has 1 fully saturated rings. The highest BCUT2D eigenvalue weighted by molar-refractivity contribution is 6.04. The van der Waals surface area contributed by atoms with Gasteiger partial charge in [-0.3, -0.25) is 14.9 Å². The number of imide groups is 1. The molecule has 2 rings (SSSR count). The number of nitrogens with zero attached hydrogens (tertiary/aromatic N) is 3. The van der Waals surface area contributed by atoms with Crippen LogP contribution in [0.3, 0.4) is 0 Å². The predicted molar refractivity (Wildman–Crippen MR) is 75.7 cm³/mol. The fraction of sp³-hybridized carbons (Fsp3) is 0.538. The van der Waals surface area contributed by atoms with Crippen LogP contribution in [0.25, 0.3) is 0 Å². The van der Waals surface area contributed by atoms with Crippen LogP contribution in [0.2, 0.25) is 0 Å². The summed E-state index contributed by atoms with van der Waals surface area (Å²) < 4.78 is 0. The lowest BCUT2D eigenvalue weighted by Gasteiger charge is -2.33. The molecule has 20 heavy (non-hydrogen) atoms. The Bertz CT molecular complexity index is 558. The Hall–Kier alpha value is -2.18. The first-order valence-corrected chi connectivity index (χ1v) is 6.63. The first kappa shape index (κ1) is 14.2. The summed E-state index contributed by atoms with van der Waals surface area (Å²) in [5.74, 6) is 1.42. The molecule has 1 aromatic rings. The molecule has 0 aromatic carbocycles. The second kappa shape index (κ2) is 5.44. The summed E-state index contributed by atoms with van der Waals surface area (Å²) >= 11 is 0. The van der Waals surface area contributed by atoms with Crippen LogP contribution in [0.15, 0.2) is 0 Å². The van der Waals surface area contributed by atoms with Crippen molar-refractivity contribution >= 4 is 23.5 Å². The van der Waals surface area contributed by atoms with E-state index in [0.29, 0.717) is 18.1 Å². The Morgan fingerprint density at radius 2 is 2.10 bits per heavy atom. The highest BCUT2D eigenvalue weighted by Crippen LogP contribution is 2.26. The number of carbonyl (C=O) groups is 2. The summed E-state index contributed by atoms with van der Waals surface area (Å²) in [4.78, 5) is 34.0. The lowest BCUT2D eigenvalue weighted by atomic mass is 10.1. The highest BCUT2D eigenvalue weighted by atomic mass is 16.2. The molecule has 0 saturated carbocycles. The summed E-state index contributed by atoms with van der Waals surface area (Å²) in [6, 6.07) is -0.435. The Morgan fingerprint density at radius 1 is 1.40 bits per heavy atom. The molecule has 7 heteroatoms. The molecule has 1 unspecified atom stereocenters. The van der Waals surface area contributed by atoms with Crippen molar-refractivity contribution in [3.63, 3.8) is 0 Å². The van der Waals surface area contributed by atoms with Crippen molar-refractivity contribution in [1.82, 2.24) is 15.3 Å². The molecule has 2 heterocycles. The quantitative estimate of drug-likeness (QED) is 0.770. The van der Waals surface area contributed by atoms with Crippen LogP contribution in [0, 0.1) is 6.92 Å². The number of piperazine rings is 1. The first-order valence-electron chi connectivity index (χ1n) is 6.63. The first-order chi connectivity index (χ1) is 9.47. The van der Waals surface area contributed by atoms with Gasteiger partial charge < -0.3 is 10.2 Å². The SMILES string of the molecule is CCc1nc(NC)c(C)c(N2CC(=O)NC(=O)C2C)n1. The van der Waals surface area contributed by atoms with Crippen LogP contribution >= 0.6 is 0 Å². The van der Waals surface area contributed by atoms with Gasteiger partial charge in [0.2, 0.25) is 11.8 Å². The lowest BCUT2D eigenvalue weighted by Crippen LogP contribution is -2.57. The number of aromatic nitrogens is 2. The van der Waals surface area contributed by atoms with Crippen molar-refractivity contribution in [2.45, 2.75) is 33.2 Å².